The highest BCUT2D eigenvalue weighted by molar-refractivity contribution is 9.10. The van der Waals surface area contributed by atoms with Gasteiger partial charge in [0.25, 0.3) is 0 Å². The van der Waals surface area contributed by atoms with Crippen molar-refractivity contribution in [3.8, 4) is 5.69 Å². The van der Waals surface area contributed by atoms with Gasteiger partial charge in [0.1, 0.15) is 0 Å². The molecular formula is C12H12BrClN4. The minimum Gasteiger partial charge on any atom is -0.308 e. The van der Waals surface area contributed by atoms with E-state index in [0.29, 0.717) is 11.1 Å². The van der Waals surface area contributed by atoms with Crippen LogP contribution in [0.15, 0.2) is 28.9 Å². The van der Waals surface area contributed by atoms with Gasteiger partial charge in [-0.05, 0) is 47.0 Å². The van der Waals surface area contributed by atoms with E-state index in [1.165, 1.54) is 12.8 Å². The summed E-state index contributed by atoms with van der Waals surface area (Å²) in [5, 5.41) is 12.2. The second-order valence-corrected chi connectivity index (χ2v) is 5.65. The normalized spacial score (nSPS) is 15.0. The number of nitrogens with one attached hydrogen (secondary N) is 1. The smallest absolute Gasteiger partial charge is 0.0783 e. The summed E-state index contributed by atoms with van der Waals surface area (Å²) in [6.45, 7) is 0.790. The molecule has 0 saturated heterocycles. The van der Waals surface area contributed by atoms with Gasteiger partial charge in [-0.1, -0.05) is 16.8 Å². The highest BCUT2D eigenvalue weighted by atomic mass is 79.9. The van der Waals surface area contributed by atoms with Gasteiger partial charge < -0.3 is 5.32 Å². The molecule has 94 valence electrons. The zero-order valence-electron chi connectivity index (χ0n) is 9.61. The summed E-state index contributed by atoms with van der Waals surface area (Å²) in [6.07, 6.45) is 4.33. The van der Waals surface area contributed by atoms with Crippen LogP contribution in [0.1, 0.15) is 18.5 Å². The fourth-order valence-corrected chi connectivity index (χ4v) is 2.23. The van der Waals surface area contributed by atoms with E-state index in [1.54, 1.807) is 6.20 Å². The lowest BCUT2D eigenvalue weighted by molar-refractivity contribution is 0.647. The van der Waals surface area contributed by atoms with E-state index in [-0.39, 0.29) is 0 Å². The Morgan fingerprint density at radius 3 is 3.00 bits per heavy atom. The van der Waals surface area contributed by atoms with Crippen molar-refractivity contribution >= 4 is 27.5 Å². The molecule has 0 radical (unpaired) electrons. The van der Waals surface area contributed by atoms with Crippen LogP contribution < -0.4 is 5.32 Å². The number of aromatic nitrogens is 3. The average Bonchev–Trinajstić information content (AvgIpc) is 3.08. The molecule has 1 N–H and O–H groups in total. The first-order chi connectivity index (χ1) is 8.74. The number of halogens is 2. The Balaban J connectivity index is 1.85. The predicted molar refractivity (Wildman–Crippen MR) is 73.9 cm³/mol. The number of benzene rings is 1. The van der Waals surface area contributed by atoms with Crippen molar-refractivity contribution in [3.05, 3.63) is 39.6 Å². The maximum Gasteiger partial charge on any atom is 0.0783 e. The number of hydrogen-bond acceptors (Lipinski definition) is 3. The molecule has 3 rings (SSSR count). The van der Waals surface area contributed by atoms with Crippen LogP contribution in [0.4, 0.5) is 0 Å². The molecule has 0 amide bonds. The van der Waals surface area contributed by atoms with E-state index in [0.717, 1.165) is 22.4 Å². The topological polar surface area (TPSA) is 42.7 Å². The molecule has 4 nitrogen and oxygen atoms in total. The second kappa shape index (κ2) is 4.99. The van der Waals surface area contributed by atoms with Crippen LogP contribution in [-0.4, -0.2) is 21.0 Å². The number of rotatable bonds is 4. The molecule has 1 aliphatic rings. The third-order valence-corrected chi connectivity index (χ3v) is 4.13. The van der Waals surface area contributed by atoms with E-state index < -0.39 is 0 Å². The van der Waals surface area contributed by atoms with Crippen LogP contribution in [0.5, 0.6) is 0 Å². The summed E-state index contributed by atoms with van der Waals surface area (Å²) in [5.41, 5.74) is 2.01. The molecule has 1 fully saturated rings. The van der Waals surface area contributed by atoms with Crippen molar-refractivity contribution in [2.24, 2.45) is 0 Å². The highest BCUT2D eigenvalue weighted by Gasteiger charge is 2.21. The quantitative estimate of drug-likeness (QED) is 0.939. The lowest BCUT2D eigenvalue weighted by atomic mass is 10.3. The van der Waals surface area contributed by atoms with Crippen molar-refractivity contribution in [1.29, 1.82) is 0 Å². The number of hydrogen-bond donors (Lipinski definition) is 1. The van der Waals surface area contributed by atoms with Crippen molar-refractivity contribution in [2.45, 2.75) is 25.4 Å². The molecular weight excluding hydrogens is 316 g/mol. The highest BCUT2D eigenvalue weighted by Crippen LogP contribution is 2.25. The molecule has 1 saturated carbocycles. The fourth-order valence-electron chi connectivity index (χ4n) is 1.75. The van der Waals surface area contributed by atoms with Gasteiger partial charge in [-0.15, -0.1) is 5.10 Å². The van der Waals surface area contributed by atoms with Crippen molar-refractivity contribution in [3.63, 3.8) is 0 Å². The first-order valence-electron chi connectivity index (χ1n) is 5.82. The first kappa shape index (κ1) is 12.1. The van der Waals surface area contributed by atoms with Crippen LogP contribution in [0, 0.1) is 0 Å². The predicted octanol–water partition coefficient (Wildman–Crippen LogP) is 2.94. The minimum absolute atomic E-state index is 0.672. The van der Waals surface area contributed by atoms with E-state index in [2.05, 4.69) is 31.6 Å². The summed E-state index contributed by atoms with van der Waals surface area (Å²) in [7, 11) is 0. The molecule has 0 atom stereocenters. The zero-order chi connectivity index (χ0) is 12.5. The van der Waals surface area contributed by atoms with Crippen LogP contribution in [0.25, 0.3) is 5.69 Å². The molecule has 0 aliphatic heterocycles. The van der Waals surface area contributed by atoms with Crippen LogP contribution in [0.2, 0.25) is 5.02 Å². The molecule has 1 heterocycles. The Morgan fingerprint density at radius 1 is 1.44 bits per heavy atom. The van der Waals surface area contributed by atoms with E-state index in [4.69, 9.17) is 11.6 Å². The molecule has 6 heteroatoms. The summed E-state index contributed by atoms with van der Waals surface area (Å²) < 4.78 is 2.69. The molecule has 1 aromatic carbocycles. The second-order valence-electron chi connectivity index (χ2n) is 4.39. The zero-order valence-corrected chi connectivity index (χ0v) is 11.9. The average molecular weight is 328 g/mol. The standard InChI is InChI=1S/C12H12BrClN4/c13-11-5-9(3-4-12(11)14)18-10(7-16-17-18)6-15-8-1-2-8/h3-5,7-8,15H,1-2,6H2. The molecule has 0 unspecified atom stereocenters. The van der Waals surface area contributed by atoms with Gasteiger partial charge in [-0.2, -0.15) is 0 Å². The largest absolute Gasteiger partial charge is 0.308 e. The fraction of sp³-hybridized carbons (Fsp3) is 0.333. The number of nitrogens with zero attached hydrogens (tertiary/aromatic N) is 3. The Labute approximate surface area is 118 Å². The first-order valence-corrected chi connectivity index (χ1v) is 6.99. The van der Waals surface area contributed by atoms with Gasteiger partial charge in [0.05, 0.1) is 22.6 Å². The van der Waals surface area contributed by atoms with E-state index >= 15 is 0 Å². The summed E-state index contributed by atoms with van der Waals surface area (Å²) in [5.74, 6) is 0. The SMILES string of the molecule is Clc1ccc(-n2nncc2CNC2CC2)cc1Br. The molecule has 1 aliphatic carbocycles. The lowest BCUT2D eigenvalue weighted by Crippen LogP contribution is -2.18. The Bertz CT molecular complexity index is 565. The van der Waals surface area contributed by atoms with Crippen molar-refractivity contribution < 1.29 is 0 Å². The summed E-state index contributed by atoms with van der Waals surface area (Å²) in [6, 6.07) is 6.39. The third kappa shape index (κ3) is 2.58. The third-order valence-electron chi connectivity index (χ3n) is 2.92. The maximum absolute atomic E-state index is 5.99. The maximum atomic E-state index is 5.99. The van der Waals surface area contributed by atoms with Gasteiger partial charge in [-0.3, -0.25) is 0 Å². The Hall–Kier alpha value is -0.910. The van der Waals surface area contributed by atoms with Gasteiger partial charge in [-0.25, -0.2) is 4.68 Å². The summed E-state index contributed by atoms with van der Waals surface area (Å²) >= 11 is 9.41. The Kier molecular flexibility index (Phi) is 3.37. The molecule has 18 heavy (non-hydrogen) atoms. The monoisotopic (exact) mass is 326 g/mol. The molecule has 0 bridgehead atoms. The van der Waals surface area contributed by atoms with Gasteiger partial charge in [0.15, 0.2) is 0 Å². The molecule has 1 aromatic heterocycles. The van der Waals surface area contributed by atoms with E-state index in [1.807, 2.05) is 22.9 Å². The van der Waals surface area contributed by atoms with Gasteiger partial charge in [0, 0.05) is 17.1 Å². The van der Waals surface area contributed by atoms with Gasteiger partial charge in [0.2, 0.25) is 0 Å². The van der Waals surface area contributed by atoms with Crippen molar-refractivity contribution in [2.75, 3.05) is 0 Å². The van der Waals surface area contributed by atoms with Crippen LogP contribution in [-0.2, 0) is 6.54 Å². The van der Waals surface area contributed by atoms with Crippen LogP contribution >= 0.6 is 27.5 Å². The van der Waals surface area contributed by atoms with Crippen LogP contribution in [0.3, 0.4) is 0 Å². The van der Waals surface area contributed by atoms with Gasteiger partial charge >= 0.3 is 0 Å². The lowest BCUT2D eigenvalue weighted by Gasteiger charge is -2.07. The van der Waals surface area contributed by atoms with Crippen molar-refractivity contribution in [1.82, 2.24) is 20.3 Å². The molecule has 2 aromatic rings. The Morgan fingerprint density at radius 2 is 2.28 bits per heavy atom. The minimum atomic E-state index is 0.672. The van der Waals surface area contributed by atoms with E-state index in [9.17, 15) is 0 Å². The molecule has 0 spiro atoms. The summed E-state index contributed by atoms with van der Waals surface area (Å²) in [4.78, 5) is 0.